The third kappa shape index (κ3) is 3.15. The summed E-state index contributed by atoms with van der Waals surface area (Å²) in [6, 6.07) is 7.33. The van der Waals surface area contributed by atoms with Crippen molar-refractivity contribution in [3.05, 3.63) is 59.4 Å². The molecular formula is C17H15F3O2. The van der Waals surface area contributed by atoms with Crippen molar-refractivity contribution < 1.29 is 22.6 Å². The first-order chi connectivity index (χ1) is 10.5. The molecule has 2 aromatic carbocycles. The zero-order valence-corrected chi connectivity index (χ0v) is 12.0. The van der Waals surface area contributed by atoms with Crippen LogP contribution in [0, 0.1) is 23.4 Å². The third-order valence-corrected chi connectivity index (χ3v) is 3.50. The van der Waals surface area contributed by atoms with E-state index in [1.165, 1.54) is 12.1 Å². The van der Waals surface area contributed by atoms with E-state index in [4.69, 9.17) is 9.47 Å². The fourth-order valence-electron chi connectivity index (χ4n) is 2.41. The zero-order valence-electron chi connectivity index (χ0n) is 12.0. The Morgan fingerprint density at radius 1 is 0.909 bits per heavy atom. The minimum absolute atomic E-state index is 0.131. The maximum absolute atomic E-state index is 14.3. The standard InChI is InChI=1S/C17H15F3O2/c1-10-8-21-17(22-9-10)11-2-3-15(16(20)6-11)12-4-13(18)7-14(19)5-12/h2-7,10,17H,8-9H2,1H3. The molecule has 2 aromatic rings. The van der Waals surface area contributed by atoms with Gasteiger partial charge in [0.05, 0.1) is 13.2 Å². The van der Waals surface area contributed by atoms with Crippen molar-refractivity contribution in [2.75, 3.05) is 13.2 Å². The Morgan fingerprint density at radius 3 is 2.14 bits per heavy atom. The SMILES string of the molecule is CC1COC(c2ccc(-c3cc(F)cc(F)c3)c(F)c2)OC1. The lowest BCUT2D eigenvalue weighted by molar-refractivity contribution is -0.202. The van der Waals surface area contributed by atoms with Crippen LogP contribution >= 0.6 is 0 Å². The summed E-state index contributed by atoms with van der Waals surface area (Å²) in [7, 11) is 0. The predicted molar refractivity (Wildman–Crippen MR) is 75.6 cm³/mol. The molecule has 22 heavy (non-hydrogen) atoms. The average molecular weight is 308 g/mol. The van der Waals surface area contributed by atoms with Gasteiger partial charge in [-0.05, 0) is 23.8 Å². The zero-order chi connectivity index (χ0) is 15.7. The molecule has 0 amide bonds. The second kappa shape index (κ2) is 6.10. The van der Waals surface area contributed by atoms with Crippen LogP contribution in [-0.2, 0) is 9.47 Å². The monoisotopic (exact) mass is 308 g/mol. The van der Waals surface area contributed by atoms with Crippen LogP contribution in [0.2, 0.25) is 0 Å². The van der Waals surface area contributed by atoms with E-state index >= 15 is 0 Å². The summed E-state index contributed by atoms with van der Waals surface area (Å²) >= 11 is 0. The molecule has 0 aliphatic carbocycles. The quantitative estimate of drug-likeness (QED) is 0.816. The molecule has 0 aromatic heterocycles. The van der Waals surface area contributed by atoms with Gasteiger partial charge in [-0.3, -0.25) is 0 Å². The Bertz CT molecular complexity index is 659. The highest BCUT2D eigenvalue weighted by molar-refractivity contribution is 5.64. The molecule has 0 N–H and O–H groups in total. The average Bonchev–Trinajstić information content (AvgIpc) is 2.46. The van der Waals surface area contributed by atoms with Crippen molar-refractivity contribution in [3.8, 4) is 11.1 Å². The topological polar surface area (TPSA) is 18.5 Å². The molecule has 3 rings (SSSR count). The fourth-order valence-corrected chi connectivity index (χ4v) is 2.41. The van der Waals surface area contributed by atoms with Gasteiger partial charge < -0.3 is 9.47 Å². The lowest BCUT2D eigenvalue weighted by atomic mass is 10.0. The minimum atomic E-state index is -0.744. The van der Waals surface area contributed by atoms with Crippen molar-refractivity contribution in [1.82, 2.24) is 0 Å². The Balaban J connectivity index is 1.89. The van der Waals surface area contributed by atoms with E-state index in [0.717, 1.165) is 18.2 Å². The van der Waals surface area contributed by atoms with Crippen molar-refractivity contribution in [2.45, 2.75) is 13.2 Å². The molecule has 0 saturated carbocycles. The Morgan fingerprint density at radius 2 is 1.55 bits per heavy atom. The van der Waals surface area contributed by atoms with Gasteiger partial charge in [-0.15, -0.1) is 0 Å². The van der Waals surface area contributed by atoms with Gasteiger partial charge in [0.2, 0.25) is 0 Å². The summed E-state index contributed by atoms with van der Waals surface area (Å²) in [5.74, 6) is -1.76. The lowest BCUT2D eigenvalue weighted by Crippen LogP contribution is -2.25. The summed E-state index contributed by atoms with van der Waals surface area (Å²) in [4.78, 5) is 0. The first kappa shape index (κ1) is 15.1. The first-order valence-electron chi connectivity index (χ1n) is 7.02. The van der Waals surface area contributed by atoms with Crippen LogP contribution in [0.3, 0.4) is 0 Å². The Kier molecular flexibility index (Phi) is 4.18. The molecule has 1 fully saturated rings. The van der Waals surface area contributed by atoms with E-state index in [-0.39, 0.29) is 11.1 Å². The molecule has 0 atom stereocenters. The van der Waals surface area contributed by atoms with Crippen LogP contribution in [0.5, 0.6) is 0 Å². The van der Waals surface area contributed by atoms with Gasteiger partial charge in [0.15, 0.2) is 6.29 Å². The normalized spacial score (nSPS) is 21.8. The van der Waals surface area contributed by atoms with E-state index in [9.17, 15) is 13.2 Å². The van der Waals surface area contributed by atoms with Crippen molar-refractivity contribution in [2.24, 2.45) is 5.92 Å². The molecule has 0 radical (unpaired) electrons. The van der Waals surface area contributed by atoms with Crippen LogP contribution in [-0.4, -0.2) is 13.2 Å². The van der Waals surface area contributed by atoms with Crippen LogP contribution in [0.4, 0.5) is 13.2 Å². The maximum Gasteiger partial charge on any atom is 0.183 e. The minimum Gasteiger partial charge on any atom is -0.348 e. The van der Waals surface area contributed by atoms with Gasteiger partial charge in [-0.25, -0.2) is 13.2 Å². The first-order valence-corrected chi connectivity index (χ1v) is 7.02. The van der Waals surface area contributed by atoms with Gasteiger partial charge in [0.1, 0.15) is 17.5 Å². The van der Waals surface area contributed by atoms with Gasteiger partial charge in [0.25, 0.3) is 0 Å². The summed E-state index contributed by atoms with van der Waals surface area (Å²) in [5, 5.41) is 0. The molecule has 0 spiro atoms. The summed E-state index contributed by atoms with van der Waals surface area (Å²) in [6.45, 7) is 3.09. The molecule has 1 aliphatic heterocycles. The largest absolute Gasteiger partial charge is 0.348 e. The molecule has 1 heterocycles. The van der Waals surface area contributed by atoms with Gasteiger partial charge in [-0.2, -0.15) is 0 Å². The van der Waals surface area contributed by atoms with E-state index in [2.05, 4.69) is 0 Å². The smallest absolute Gasteiger partial charge is 0.183 e. The number of benzene rings is 2. The van der Waals surface area contributed by atoms with Crippen molar-refractivity contribution in [3.63, 3.8) is 0 Å². The Hall–Kier alpha value is -1.85. The number of hydrogen-bond donors (Lipinski definition) is 0. The molecule has 1 aliphatic rings. The highest BCUT2D eigenvalue weighted by Gasteiger charge is 2.22. The summed E-state index contributed by atoms with van der Waals surface area (Å²) < 4.78 is 51.8. The maximum atomic E-state index is 14.3. The number of rotatable bonds is 2. The van der Waals surface area contributed by atoms with E-state index in [1.54, 1.807) is 6.07 Å². The molecule has 116 valence electrons. The molecular weight excluding hydrogens is 293 g/mol. The van der Waals surface area contributed by atoms with E-state index < -0.39 is 23.7 Å². The van der Waals surface area contributed by atoms with Crippen molar-refractivity contribution >= 4 is 0 Å². The van der Waals surface area contributed by atoms with Gasteiger partial charge in [-0.1, -0.05) is 19.1 Å². The fraction of sp³-hybridized carbons (Fsp3) is 0.294. The second-order valence-electron chi connectivity index (χ2n) is 5.50. The highest BCUT2D eigenvalue weighted by atomic mass is 19.1. The Labute approximate surface area is 126 Å². The van der Waals surface area contributed by atoms with E-state index in [0.29, 0.717) is 24.7 Å². The summed E-state index contributed by atoms with van der Waals surface area (Å²) in [5.41, 5.74) is 0.831. The molecule has 0 bridgehead atoms. The summed E-state index contributed by atoms with van der Waals surface area (Å²) in [6.07, 6.45) is -0.607. The lowest BCUT2D eigenvalue weighted by Gasteiger charge is -2.27. The number of ether oxygens (including phenoxy) is 2. The van der Waals surface area contributed by atoms with Crippen LogP contribution in [0.15, 0.2) is 36.4 Å². The molecule has 2 nitrogen and oxygen atoms in total. The van der Waals surface area contributed by atoms with Crippen LogP contribution in [0.1, 0.15) is 18.8 Å². The van der Waals surface area contributed by atoms with Gasteiger partial charge in [0, 0.05) is 23.1 Å². The molecule has 5 heteroatoms. The highest BCUT2D eigenvalue weighted by Crippen LogP contribution is 2.30. The van der Waals surface area contributed by atoms with Crippen LogP contribution < -0.4 is 0 Å². The number of hydrogen-bond acceptors (Lipinski definition) is 2. The molecule has 0 unspecified atom stereocenters. The van der Waals surface area contributed by atoms with E-state index in [1.807, 2.05) is 6.92 Å². The number of halogens is 3. The molecule has 1 saturated heterocycles. The second-order valence-corrected chi connectivity index (χ2v) is 5.50. The van der Waals surface area contributed by atoms with Crippen LogP contribution in [0.25, 0.3) is 11.1 Å². The van der Waals surface area contributed by atoms with Gasteiger partial charge >= 0.3 is 0 Å². The van der Waals surface area contributed by atoms with Crippen molar-refractivity contribution in [1.29, 1.82) is 0 Å². The third-order valence-electron chi connectivity index (χ3n) is 3.50. The predicted octanol–water partition coefficient (Wildman–Crippen LogP) is 4.45.